The summed E-state index contributed by atoms with van der Waals surface area (Å²) in [4.78, 5) is 3.19. The first-order valence-electron chi connectivity index (χ1n) is 4.46. The number of fused-ring (bicyclic) bond motifs is 1. The summed E-state index contributed by atoms with van der Waals surface area (Å²) >= 11 is 0. The van der Waals surface area contributed by atoms with Crippen molar-refractivity contribution >= 4 is 10.9 Å². The van der Waals surface area contributed by atoms with Gasteiger partial charge in [-0.1, -0.05) is 19.4 Å². The first-order chi connectivity index (χ1) is 5.90. The predicted molar refractivity (Wildman–Crippen MR) is 52.3 cm³/mol. The molecular weight excluding hydrogens is 146 g/mol. The highest BCUT2D eigenvalue weighted by atomic mass is 14.7. The van der Waals surface area contributed by atoms with Crippen molar-refractivity contribution in [1.29, 1.82) is 0 Å². The number of benzene rings is 1. The van der Waals surface area contributed by atoms with Crippen LogP contribution in [0.5, 0.6) is 0 Å². The number of aromatic amines is 1. The van der Waals surface area contributed by atoms with E-state index in [4.69, 9.17) is 0 Å². The van der Waals surface area contributed by atoms with Gasteiger partial charge in [-0.25, -0.2) is 0 Å². The van der Waals surface area contributed by atoms with Crippen LogP contribution in [0.25, 0.3) is 10.9 Å². The van der Waals surface area contributed by atoms with E-state index >= 15 is 0 Å². The van der Waals surface area contributed by atoms with Crippen LogP contribution in [0.4, 0.5) is 0 Å². The Morgan fingerprint density at radius 1 is 1.25 bits per heavy atom. The second kappa shape index (κ2) is 3.02. The van der Waals surface area contributed by atoms with Gasteiger partial charge in [-0.2, -0.15) is 0 Å². The number of aryl methyl sites for hydroxylation is 1. The zero-order valence-electron chi connectivity index (χ0n) is 7.30. The zero-order chi connectivity index (χ0) is 8.39. The van der Waals surface area contributed by atoms with Crippen LogP contribution in [0.3, 0.4) is 0 Å². The number of aromatic nitrogens is 1. The molecule has 1 aromatic carbocycles. The Kier molecular flexibility index (Phi) is 1.86. The summed E-state index contributed by atoms with van der Waals surface area (Å²) in [7, 11) is 0. The maximum Gasteiger partial charge on any atom is 0.0454 e. The minimum atomic E-state index is 1.18. The largest absolute Gasteiger partial charge is 0.361 e. The number of nitrogens with one attached hydrogen (secondary N) is 1. The van der Waals surface area contributed by atoms with Gasteiger partial charge in [0.05, 0.1) is 0 Å². The topological polar surface area (TPSA) is 15.8 Å². The minimum absolute atomic E-state index is 1.18. The Bertz CT molecular complexity index is 373. The van der Waals surface area contributed by atoms with Crippen LogP contribution in [0.2, 0.25) is 0 Å². The quantitative estimate of drug-likeness (QED) is 0.693. The fraction of sp³-hybridized carbons (Fsp3) is 0.273. The standard InChI is InChI=1S/C11H13N/c1-2-3-9-4-5-11-10(8-9)6-7-12-11/h4-8,12H,2-3H2,1H3. The predicted octanol–water partition coefficient (Wildman–Crippen LogP) is 3.12. The van der Waals surface area contributed by atoms with Crippen molar-refractivity contribution < 1.29 is 0 Å². The summed E-state index contributed by atoms with van der Waals surface area (Å²) in [6.45, 7) is 2.21. The lowest BCUT2D eigenvalue weighted by Crippen LogP contribution is -1.81. The van der Waals surface area contributed by atoms with Gasteiger partial charge < -0.3 is 4.98 Å². The molecule has 0 aliphatic carbocycles. The van der Waals surface area contributed by atoms with E-state index in [0.29, 0.717) is 0 Å². The Morgan fingerprint density at radius 2 is 2.17 bits per heavy atom. The molecule has 0 aliphatic rings. The number of hydrogen-bond donors (Lipinski definition) is 1. The number of hydrogen-bond acceptors (Lipinski definition) is 0. The van der Waals surface area contributed by atoms with Crippen LogP contribution in [-0.4, -0.2) is 4.98 Å². The molecule has 0 spiro atoms. The summed E-state index contributed by atoms with van der Waals surface area (Å²) in [5.74, 6) is 0. The van der Waals surface area contributed by atoms with Crippen molar-refractivity contribution in [2.75, 3.05) is 0 Å². The lowest BCUT2D eigenvalue weighted by molar-refractivity contribution is 0.924. The van der Waals surface area contributed by atoms with E-state index in [0.717, 1.165) is 0 Å². The second-order valence-electron chi connectivity index (χ2n) is 3.15. The molecule has 0 aliphatic heterocycles. The van der Waals surface area contributed by atoms with E-state index in [2.05, 4.69) is 36.2 Å². The zero-order valence-corrected chi connectivity index (χ0v) is 7.30. The molecule has 62 valence electrons. The third kappa shape index (κ3) is 1.22. The Morgan fingerprint density at radius 3 is 3.00 bits per heavy atom. The van der Waals surface area contributed by atoms with Crippen LogP contribution >= 0.6 is 0 Å². The van der Waals surface area contributed by atoms with E-state index in [1.165, 1.54) is 29.3 Å². The smallest absolute Gasteiger partial charge is 0.0454 e. The maximum atomic E-state index is 3.19. The van der Waals surface area contributed by atoms with E-state index in [-0.39, 0.29) is 0 Å². The van der Waals surface area contributed by atoms with Crippen molar-refractivity contribution in [2.45, 2.75) is 19.8 Å². The third-order valence-corrected chi connectivity index (χ3v) is 2.16. The summed E-state index contributed by atoms with van der Waals surface area (Å²) in [5, 5.41) is 1.32. The molecule has 0 atom stereocenters. The highest BCUT2D eigenvalue weighted by molar-refractivity contribution is 5.79. The molecule has 2 rings (SSSR count). The molecule has 0 radical (unpaired) electrons. The SMILES string of the molecule is CCCc1ccc2[nH]ccc2c1. The van der Waals surface area contributed by atoms with Gasteiger partial charge in [0.15, 0.2) is 0 Å². The Labute approximate surface area is 72.4 Å². The fourth-order valence-corrected chi connectivity index (χ4v) is 1.55. The second-order valence-corrected chi connectivity index (χ2v) is 3.15. The summed E-state index contributed by atoms with van der Waals surface area (Å²) in [6, 6.07) is 8.73. The van der Waals surface area contributed by atoms with Crippen molar-refractivity contribution in [2.24, 2.45) is 0 Å². The van der Waals surface area contributed by atoms with Crippen molar-refractivity contribution in [1.82, 2.24) is 4.98 Å². The first-order valence-corrected chi connectivity index (χ1v) is 4.46. The average Bonchev–Trinajstić information content (AvgIpc) is 2.51. The van der Waals surface area contributed by atoms with Gasteiger partial charge in [0.25, 0.3) is 0 Å². The van der Waals surface area contributed by atoms with E-state index in [1.807, 2.05) is 6.20 Å². The van der Waals surface area contributed by atoms with Crippen molar-refractivity contribution in [3.8, 4) is 0 Å². The molecule has 0 fully saturated rings. The fourth-order valence-electron chi connectivity index (χ4n) is 1.55. The van der Waals surface area contributed by atoms with Gasteiger partial charge in [-0.3, -0.25) is 0 Å². The lowest BCUT2D eigenvalue weighted by Gasteiger charge is -1.97. The van der Waals surface area contributed by atoms with Crippen LogP contribution < -0.4 is 0 Å². The number of rotatable bonds is 2. The van der Waals surface area contributed by atoms with Gasteiger partial charge in [-0.05, 0) is 35.6 Å². The molecule has 0 saturated carbocycles. The molecule has 1 nitrogen and oxygen atoms in total. The molecule has 0 bridgehead atoms. The molecule has 1 heteroatoms. The van der Waals surface area contributed by atoms with E-state index in [1.54, 1.807) is 0 Å². The third-order valence-electron chi connectivity index (χ3n) is 2.16. The van der Waals surface area contributed by atoms with Crippen molar-refractivity contribution in [3.05, 3.63) is 36.0 Å². The molecule has 2 aromatic rings. The number of H-pyrrole nitrogens is 1. The van der Waals surface area contributed by atoms with E-state index < -0.39 is 0 Å². The van der Waals surface area contributed by atoms with Crippen LogP contribution in [0, 0.1) is 0 Å². The van der Waals surface area contributed by atoms with Crippen LogP contribution in [0.15, 0.2) is 30.5 Å². The Balaban J connectivity index is 2.46. The molecular formula is C11H13N. The normalized spacial score (nSPS) is 10.8. The van der Waals surface area contributed by atoms with E-state index in [9.17, 15) is 0 Å². The maximum absolute atomic E-state index is 3.19. The molecule has 0 saturated heterocycles. The average molecular weight is 159 g/mol. The molecule has 0 amide bonds. The molecule has 1 heterocycles. The van der Waals surface area contributed by atoms with Crippen LogP contribution in [0.1, 0.15) is 18.9 Å². The highest BCUT2D eigenvalue weighted by Gasteiger charge is 1.95. The molecule has 1 aromatic heterocycles. The highest BCUT2D eigenvalue weighted by Crippen LogP contribution is 2.14. The molecule has 12 heavy (non-hydrogen) atoms. The molecule has 0 unspecified atom stereocenters. The van der Waals surface area contributed by atoms with Crippen molar-refractivity contribution in [3.63, 3.8) is 0 Å². The van der Waals surface area contributed by atoms with Gasteiger partial charge in [0.2, 0.25) is 0 Å². The summed E-state index contributed by atoms with van der Waals surface area (Å²) < 4.78 is 0. The molecule has 1 N–H and O–H groups in total. The minimum Gasteiger partial charge on any atom is -0.361 e. The monoisotopic (exact) mass is 159 g/mol. The first kappa shape index (κ1) is 7.41. The van der Waals surface area contributed by atoms with Crippen LogP contribution in [-0.2, 0) is 6.42 Å². The van der Waals surface area contributed by atoms with Gasteiger partial charge in [-0.15, -0.1) is 0 Å². The lowest BCUT2D eigenvalue weighted by atomic mass is 10.1. The van der Waals surface area contributed by atoms with Gasteiger partial charge in [0.1, 0.15) is 0 Å². The van der Waals surface area contributed by atoms with Gasteiger partial charge >= 0.3 is 0 Å². The Hall–Kier alpha value is -1.24. The van der Waals surface area contributed by atoms with Gasteiger partial charge in [0, 0.05) is 11.7 Å². The summed E-state index contributed by atoms with van der Waals surface area (Å²) in [6.07, 6.45) is 4.39. The summed E-state index contributed by atoms with van der Waals surface area (Å²) in [5.41, 5.74) is 2.67.